The number of nitrogens with one attached hydrogen (secondary N) is 1. The smallest absolute Gasteiger partial charge is 0.283 e. The first-order valence-corrected chi connectivity index (χ1v) is 13.5. The molecule has 0 unspecified atom stereocenters. The molecular weight excluding hydrogens is 561 g/mol. The summed E-state index contributed by atoms with van der Waals surface area (Å²) in [6.45, 7) is 2.51. The van der Waals surface area contributed by atoms with Gasteiger partial charge in [0.15, 0.2) is 5.84 Å². The minimum absolute atomic E-state index is 0.0356. The zero-order valence-corrected chi connectivity index (χ0v) is 23.0. The SMILES string of the molecule is Cc1c(/C=C2/C(=N)N3N=C(c4ccccc4Cl)SC3=NC2=O)c2ccccc2n1Cc1ccc(Cl)cc1Cl. The third-order valence-electron chi connectivity index (χ3n) is 6.47. The molecule has 38 heavy (non-hydrogen) atoms. The number of nitrogens with zero attached hydrogens (tertiary/aromatic N) is 4. The van der Waals surface area contributed by atoms with Crippen LogP contribution in [0.5, 0.6) is 0 Å². The number of aromatic nitrogens is 1. The van der Waals surface area contributed by atoms with Gasteiger partial charge in [-0.2, -0.15) is 15.1 Å². The Morgan fingerprint density at radius 3 is 2.55 bits per heavy atom. The summed E-state index contributed by atoms with van der Waals surface area (Å²) in [5.74, 6) is -0.520. The number of fused-ring (bicyclic) bond motifs is 2. The molecule has 3 aromatic carbocycles. The predicted molar refractivity (Wildman–Crippen MR) is 158 cm³/mol. The second-order valence-electron chi connectivity index (χ2n) is 8.74. The second kappa shape index (κ2) is 9.75. The van der Waals surface area contributed by atoms with Crippen molar-refractivity contribution in [3.05, 3.63) is 110 Å². The van der Waals surface area contributed by atoms with Crippen molar-refractivity contribution in [3.8, 4) is 0 Å². The van der Waals surface area contributed by atoms with E-state index in [1.54, 1.807) is 18.2 Å². The highest BCUT2D eigenvalue weighted by Crippen LogP contribution is 2.35. The topological polar surface area (TPSA) is 73.8 Å². The van der Waals surface area contributed by atoms with Crippen molar-refractivity contribution in [1.82, 2.24) is 9.58 Å². The fourth-order valence-corrected chi connectivity index (χ4v) is 6.22. The lowest BCUT2D eigenvalue weighted by atomic mass is 10.1. The Morgan fingerprint density at radius 2 is 1.76 bits per heavy atom. The van der Waals surface area contributed by atoms with E-state index in [1.165, 1.54) is 16.8 Å². The van der Waals surface area contributed by atoms with E-state index in [9.17, 15) is 4.79 Å². The molecule has 188 valence electrons. The number of hydrogen-bond donors (Lipinski definition) is 1. The summed E-state index contributed by atoms with van der Waals surface area (Å²) >= 11 is 20.1. The molecule has 0 atom stereocenters. The molecule has 0 fully saturated rings. The number of rotatable bonds is 4. The maximum Gasteiger partial charge on any atom is 0.283 e. The number of aliphatic imine (C=N–C) groups is 1. The van der Waals surface area contributed by atoms with Gasteiger partial charge in [-0.25, -0.2) is 0 Å². The third kappa shape index (κ3) is 4.25. The summed E-state index contributed by atoms with van der Waals surface area (Å²) in [7, 11) is 0. The molecule has 6 nitrogen and oxygen atoms in total. The standard InChI is InChI=1S/C28H18Cl3N5OS/c1-15-20(18-6-3-5-9-24(18)35(15)14-16-10-11-17(29)12-23(16)31)13-21-25(32)36-28(33-26(21)37)38-27(34-36)19-7-2-4-8-22(19)30/h2-13,32H,14H2,1H3/b21-13-,32-25?. The van der Waals surface area contributed by atoms with Crippen LogP contribution < -0.4 is 0 Å². The normalized spacial score (nSPS) is 16.3. The molecule has 1 aromatic heterocycles. The first kappa shape index (κ1) is 24.9. The molecule has 6 rings (SSSR count). The van der Waals surface area contributed by atoms with E-state index in [2.05, 4.69) is 14.7 Å². The molecule has 0 saturated heterocycles. The number of carbonyl (C=O) groups excluding carboxylic acids is 1. The van der Waals surface area contributed by atoms with Gasteiger partial charge in [0.05, 0.1) is 10.6 Å². The highest BCUT2D eigenvalue weighted by atomic mass is 35.5. The Kier molecular flexibility index (Phi) is 6.40. The fourth-order valence-electron chi connectivity index (χ4n) is 4.54. The van der Waals surface area contributed by atoms with Crippen molar-refractivity contribution in [1.29, 1.82) is 5.41 Å². The van der Waals surface area contributed by atoms with Crippen LogP contribution in [-0.2, 0) is 11.3 Å². The Labute approximate surface area is 237 Å². The summed E-state index contributed by atoms with van der Waals surface area (Å²) < 4.78 is 2.14. The van der Waals surface area contributed by atoms with Crippen molar-refractivity contribution in [3.63, 3.8) is 0 Å². The van der Waals surface area contributed by atoms with Crippen LogP contribution in [0.3, 0.4) is 0 Å². The number of amides is 1. The molecule has 10 heteroatoms. The number of carbonyl (C=O) groups is 1. The zero-order chi connectivity index (χ0) is 26.6. The Balaban J connectivity index is 1.42. The lowest BCUT2D eigenvalue weighted by Gasteiger charge is -2.20. The molecule has 2 aliphatic heterocycles. The van der Waals surface area contributed by atoms with Crippen molar-refractivity contribution in [2.75, 3.05) is 0 Å². The average molecular weight is 579 g/mol. The molecule has 2 aliphatic rings. The number of benzene rings is 3. The molecular formula is C28H18Cl3N5OS. The van der Waals surface area contributed by atoms with Gasteiger partial charge in [0.25, 0.3) is 5.91 Å². The van der Waals surface area contributed by atoms with Crippen LogP contribution in [0.15, 0.2) is 82.4 Å². The van der Waals surface area contributed by atoms with Crippen molar-refractivity contribution in [2.24, 2.45) is 10.1 Å². The highest BCUT2D eigenvalue weighted by molar-refractivity contribution is 8.27. The monoisotopic (exact) mass is 577 g/mol. The lowest BCUT2D eigenvalue weighted by molar-refractivity contribution is -0.114. The van der Waals surface area contributed by atoms with Crippen LogP contribution in [0.4, 0.5) is 0 Å². The van der Waals surface area contributed by atoms with Gasteiger partial charge >= 0.3 is 0 Å². The summed E-state index contributed by atoms with van der Waals surface area (Å²) in [6, 6.07) is 20.7. The fraction of sp³-hybridized carbons (Fsp3) is 0.0714. The Morgan fingerprint density at radius 1 is 1.00 bits per heavy atom. The van der Waals surface area contributed by atoms with Gasteiger partial charge in [-0.05, 0) is 54.6 Å². The first-order chi connectivity index (χ1) is 18.3. The van der Waals surface area contributed by atoms with Crippen molar-refractivity contribution in [2.45, 2.75) is 13.5 Å². The summed E-state index contributed by atoms with van der Waals surface area (Å²) in [6.07, 6.45) is 1.73. The largest absolute Gasteiger partial charge is 0.340 e. The van der Waals surface area contributed by atoms with E-state index in [-0.39, 0.29) is 11.4 Å². The molecule has 0 spiro atoms. The van der Waals surface area contributed by atoms with Gasteiger partial charge < -0.3 is 4.57 Å². The number of para-hydroxylation sites is 1. The Hall–Kier alpha value is -3.36. The van der Waals surface area contributed by atoms with E-state index in [0.29, 0.717) is 31.8 Å². The molecule has 0 radical (unpaired) electrons. The van der Waals surface area contributed by atoms with Gasteiger partial charge in [0.1, 0.15) is 5.04 Å². The molecule has 0 saturated carbocycles. The summed E-state index contributed by atoms with van der Waals surface area (Å²) in [5.41, 5.74) is 4.55. The van der Waals surface area contributed by atoms with E-state index in [1.807, 2.05) is 61.5 Å². The zero-order valence-electron chi connectivity index (χ0n) is 19.9. The van der Waals surface area contributed by atoms with E-state index in [0.717, 1.165) is 33.3 Å². The van der Waals surface area contributed by atoms with Gasteiger partial charge in [-0.15, -0.1) is 0 Å². The average Bonchev–Trinajstić information content (AvgIpc) is 3.43. The number of thioether (sulfide) groups is 1. The quantitative estimate of drug-likeness (QED) is 0.253. The lowest BCUT2D eigenvalue weighted by Crippen LogP contribution is -2.35. The van der Waals surface area contributed by atoms with Gasteiger partial charge in [-0.3, -0.25) is 10.2 Å². The van der Waals surface area contributed by atoms with Crippen LogP contribution in [0, 0.1) is 12.3 Å². The van der Waals surface area contributed by atoms with Crippen LogP contribution in [0.2, 0.25) is 15.1 Å². The molecule has 0 aliphatic carbocycles. The summed E-state index contributed by atoms with van der Waals surface area (Å²) in [5, 5.41) is 18.4. The maximum absolute atomic E-state index is 13.1. The minimum Gasteiger partial charge on any atom is -0.340 e. The van der Waals surface area contributed by atoms with E-state index >= 15 is 0 Å². The van der Waals surface area contributed by atoms with Crippen LogP contribution >= 0.6 is 46.6 Å². The number of hydrogen-bond acceptors (Lipinski definition) is 4. The second-order valence-corrected chi connectivity index (χ2v) is 10.9. The minimum atomic E-state index is -0.485. The van der Waals surface area contributed by atoms with Gasteiger partial charge in [0, 0.05) is 44.3 Å². The van der Waals surface area contributed by atoms with Crippen LogP contribution in [0.1, 0.15) is 22.4 Å². The maximum atomic E-state index is 13.1. The third-order valence-corrected chi connectivity index (χ3v) is 8.33. The predicted octanol–water partition coefficient (Wildman–Crippen LogP) is 7.63. The molecule has 3 heterocycles. The molecule has 1 N–H and O–H groups in total. The van der Waals surface area contributed by atoms with Crippen LogP contribution in [0.25, 0.3) is 17.0 Å². The van der Waals surface area contributed by atoms with E-state index < -0.39 is 5.91 Å². The first-order valence-electron chi connectivity index (χ1n) is 11.6. The van der Waals surface area contributed by atoms with Crippen molar-refractivity contribution < 1.29 is 4.79 Å². The summed E-state index contributed by atoms with van der Waals surface area (Å²) in [4.78, 5) is 17.4. The van der Waals surface area contributed by atoms with Crippen LogP contribution in [-0.4, -0.2) is 31.5 Å². The molecule has 0 bridgehead atoms. The molecule has 4 aromatic rings. The molecule has 1 amide bonds. The highest BCUT2D eigenvalue weighted by Gasteiger charge is 2.36. The number of halogens is 3. The van der Waals surface area contributed by atoms with Gasteiger partial charge in [0.2, 0.25) is 5.17 Å². The van der Waals surface area contributed by atoms with Crippen molar-refractivity contribution >= 4 is 85.5 Å². The Bertz CT molecular complexity index is 1770. The number of hydrazone groups is 1. The number of amidine groups is 2. The van der Waals surface area contributed by atoms with E-state index in [4.69, 9.17) is 40.2 Å². The van der Waals surface area contributed by atoms with Gasteiger partial charge in [-0.1, -0.05) is 77.3 Å².